The molecular formula is C19H17FN6S. The first-order valence-corrected chi connectivity index (χ1v) is 9.73. The van der Waals surface area contributed by atoms with Crippen molar-refractivity contribution >= 4 is 28.5 Å². The fourth-order valence-corrected chi connectivity index (χ4v) is 4.00. The monoisotopic (exact) mass is 380 g/mol. The summed E-state index contributed by atoms with van der Waals surface area (Å²) in [6, 6.07) is 12.7. The van der Waals surface area contributed by atoms with E-state index in [2.05, 4.69) is 20.0 Å². The van der Waals surface area contributed by atoms with E-state index in [1.54, 1.807) is 11.3 Å². The molecule has 136 valence electrons. The molecule has 0 unspecified atom stereocenters. The highest BCUT2D eigenvalue weighted by Gasteiger charge is 2.20. The molecule has 1 aliphatic heterocycles. The normalized spacial score (nSPS) is 14.9. The number of rotatable bonds is 3. The van der Waals surface area contributed by atoms with Crippen molar-refractivity contribution < 1.29 is 4.39 Å². The average Bonchev–Trinajstić information content (AvgIpc) is 3.38. The molecule has 0 amide bonds. The number of aromatic nitrogens is 4. The number of anilines is 2. The maximum atomic E-state index is 13.1. The second kappa shape index (κ2) is 6.62. The molecule has 8 heteroatoms. The van der Waals surface area contributed by atoms with Crippen LogP contribution in [0.5, 0.6) is 0 Å². The Morgan fingerprint density at radius 3 is 2.37 bits per heavy atom. The maximum absolute atomic E-state index is 13.1. The summed E-state index contributed by atoms with van der Waals surface area (Å²) in [5.74, 6) is 1.47. The fourth-order valence-electron chi connectivity index (χ4n) is 3.37. The molecule has 1 aromatic carbocycles. The lowest BCUT2D eigenvalue weighted by atomic mass is 10.2. The van der Waals surface area contributed by atoms with Gasteiger partial charge in [-0.25, -0.2) is 4.39 Å². The summed E-state index contributed by atoms with van der Waals surface area (Å²) in [7, 11) is 0. The van der Waals surface area contributed by atoms with E-state index in [1.165, 1.54) is 12.1 Å². The molecule has 0 saturated carbocycles. The largest absolute Gasteiger partial charge is 0.368 e. The zero-order valence-corrected chi connectivity index (χ0v) is 15.3. The summed E-state index contributed by atoms with van der Waals surface area (Å²) in [5, 5.41) is 17.3. The number of benzene rings is 1. The molecule has 4 aromatic rings. The Labute approximate surface area is 159 Å². The van der Waals surface area contributed by atoms with Crippen molar-refractivity contribution in [1.82, 2.24) is 19.8 Å². The molecule has 4 heterocycles. The Morgan fingerprint density at radius 2 is 1.63 bits per heavy atom. The molecule has 0 bridgehead atoms. The van der Waals surface area contributed by atoms with Gasteiger partial charge in [-0.2, -0.15) is 15.9 Å². The lowest BCUT2D eigenvalue weighted by Crippen LogP contribution is -2.47. The first-order valence-electron chi connectivity index (χ1n) is 8.78. The smallest absolute Gasteiger partial charge is 0.186 e. The van der Waals surface area contributed by atoms with Crippen molar-refractivity contribution in [2.45, 2.75) is 0 Å². The van der Waals surface area contributed by atoms with E-state index in [9.17, 15) is 4.39 Å². The SMILES string of the molecule is Fc1ccc(N2CCN(c3ccc4nnc(-c5ccsc5)n4n3)CC2)cc1. The number of fused-ring (bicyclic) bond motifs is 1. The molecule has 6 nitrogen and oxygen atoms in total. The number of nitrogens with zero attached hydrogens (tertiary/aromatic N) is 6. The zero-order chi connectivity index (χ0) is 18.2. The van der Waals surface area contributed by atoms with Gasteiger partial charge in [0.2, 0.25) is 0 Å². The van der Waals surface area contributed by atoms with Gasteiger partial charge in [0, 0.05) is 42.8 Å². The molecular weight excluding hydrogens is 363 g/mol. The highest BCUT2D eigenvalue weighted by atomic mass is 32.1. The van der Waals surface area contributed by atoms with E-state index in [0.717, 1.165) is 54.7 Å². The molecule has 0 atom stereocenters. The van der Waals surface area contributed by atoms with Crippen molar-refractivity contribution in [2.75, 3.05) is 36.0 Å². The van der Waals surface area contributed by atoms with E-state index in [0.29, 0.717) is 0 Å². The van der Waals surface area contributed by atoms with Crippen LogP contribution in [0.3, 0.4) is 0 Å². The van der Waals surface area contributed by atoms with E-state index < -0.39 is 0 Å². The van der Waals surface area contributed by atoms with Crippen LogP contribution in [0.4, 0.5) is 15.9 Å². The van der Waals surface area contributed by atoms with Gasteiger partial charge >= 0.3 is 0 Å². The predicted molar refractivity (Wildman–Crippen MR) is 105 cm³/mol. The number of hydrogen-bond donors (Lipinski definition) is 0. The number of halogens is 1. The summed E-state index contributed by atoms with van der Waals surface area (Å²) in [6.45, 7) is 3.44. The lowest BCUT2D eigenvalue weighted by molar-refractivity contribution is 0.623. The predicted octanol–water partition coefficient (Wildman–Crippen LogP) is 3.32. The zero-order valence-electron chi connectivity index (χ0n) is 14.5. The topological polar surface area (TPSA) is 49.6 Å². The van der Waals surface area contributed by atoms with Gasteiger partial charge in [-0.1, -0.05) is 0 Å². The summed E-state index contributed by atoms with van der Waals surface area (Å²) in [6.07, 6.45) is 0. The van der Waals surface area contributed by atoms with E-state index >= 15 is 0 Å². The summed E-state index contributed by atoms with van der Waals surface area (Å²) in [4.78, 5) is 4.53. The minimum Gasteiger partial charge on any atom is -0.368 e. The highest BCUT2D eigenvalue weighted by Crippen LogP contribution is 2.23. The van der Waals surface area contributed by atoms with Gasteiger partial charge in [0.15, 0.2) is 11.5 Å². The maximum Gasteiger partial charge on any atom is 0.186 e. The van der Waals surface area contributed by atoms with Gasteiger partial charge in [-0.15, -0.1) is 15.3 Å². The van der Waals surface area contributed by atoms with Gasteiger partial charge in [-0.3, -0.25) is 0 Å². The van der Waals surface area contributed by atoms with Crippen molar-refractivity contribution in [1.29, 1.82) is 0 Å². The fraction of sp³-hybridized carbons (Fsp3) is 0.211. The summed E-state index contributed by atoms with van der Waals surface area (Å²) < 4.78 is 14.9. The van der Waals surface area contributed by atoms with Crippen molar-refractivity contribution in [3.05, 3.63) is 59.0 Å². The third-order valence-corrected chi connectivity index (χ3v) is 5.51. The Morgan fingerprint density at radius 1 is 0.852 bits per heavy atom. The second-order valence-corrected chi connectivity index (χ2v) is 7.23. The Kier molecular flexibility index (Phi) is 3.97. The van der Waals surface area contributed by atoms with E-state index in [4.69, 9.17) is 5.10 Å². The van der Waals surface area contributed by atoms with Crippen LogP contribution in [0.1, 0.15) is 0 Å². The number of piperazine rings is 1. The van der Waals surface area contributed by atoms with Gasteiger partial charge in [0.25, 0.3) is 0 Å². The third-order valence-electron chi connectivity index (χ3n) is 4.82. The first kappa shape index (κ1) is 16.2. The number of thiophene rings is 1. The summed E-state index contributed by atoms with van der Waals surface area (Å²) >= 11 is 1.63. The van der Waals surface area contributed by atoms with Crippen LogP contribution in [0.2, 0.25) is 0 Å². The highest BCUT2D eigenvalue weighted by molar-refractivity contribution is 7.08. The van der Waals surface area contributed by atoms with Crippen LogP contribution < -0.4 is 9.80 Å². The van der Waals surface area contributed by atoms with E-state index in [1.807, 2.05) is 45.6 Å². The standard InChI is InChI=1S/C19H17FN6S/c20-15-1-3-16(4-2-15)24-8-10-25(11-9-24)18-6-5-17-21-22-19(26(17)23-18)14-7-12-27-13-14/h1-7,12-13H,8-11H2. The molecule has 1 saturated heterocycles. The minimum atomic E-state index is -0.203. The van der Waals surface area contributed by atoms with Gasteiger partial charge in [-0.05, 0) is 47.8 Å². The van der Waals surface area contributed by atoms with Crippen molar-refractivity contribution in [3.8, 4) is 11.4 Å². The molecule has 0 spiro atoms. The van der Waals surface area contributed by atoms with Crippen molar-refractivity contribution in [3.63, 3.8) is 0 Å². The first-order chi connectivity index (χ1) is 13.3. The lowest BCUT2D eigenvalue weighted by Gasteiger charge is -2.36. The van der Waals surface area contributed by atoms with E-state index in [-0.39, 0.29) is 5.82 Å². The molecule has 27 heavy (non-hydrogen) atoms. The molecule has 3 aromatic heterocycles. The molecule has 0 aliphatic carbocycles. The van der Waals surface area contributed by atoms with Crippen LogP contribution >= 0.6 is 11.3 Å². The Bertz CT molecular complexity index is 1050. The number of hydrogen-bond acceptors (Lipinski definition) is 6. The molecule has 5 rings (SSSR count). The third kappa shape index (κ3) is 3.02. The van der Waals surface area contributed by atoms with Gasteiger partial charge < -0.3 is 9.80 Å². The molecule has 0 radical (unpaired) electrons. The average molecular weight is 380 g/mol. The molecule has 1 fully saturated rings. The van der Waals surface area contributed by atoms with Crippen LogP contribution in [-0.4, -0.2) is 46.0 Å². The summed E-state index contributed by atoms with van der Waals surface area (Å²) in [5.41, 5.74) is 2.82. The second-order valence-electron chi connectivity index (χ2n) is 6.45. The van der Waals surface area contributed by atoms with Crippen molar-refractivity contribution in [2.24, 2.45) is 0 Å². The molecule has 0 N–H and O–H groups in total. The van der Waals surface area contributed by atoms with Crippen LogP contribution in [-0.2, 0) is 0 Å². The minimum absolute atomic E-state index is 0.203. The van der Waals surface area contributed by atoms with Crippen LogP contribution in [0.25, 0.3) is 17.0 Å². The van der Waals surface area contributed by atoms with Gasteiger partial charge in [0.1, 0.15) is 11.6 Å². The van der Waals surface area contributed by atoms with Gasteiger partial charge in [0.05, 0.1) is 0 Å². The van der Waals surface area contributed by atoms with Crippen LogP contribution in [0.15, 0.2) is 53.2 Å². The quantitative estimate of drug-likeness (QED) is 0.546. The Balaban J connectivity index is 1.37. The molecule has 1 aliphatic rings. The van der Waals surface area contributed by atoms with Crippen LogP contribution in [0, 0.1) is 5.82 Å². The Hall–Kier alpha value is -3.00.